The molecule has 2 fully saturated rings. The fraction of sp³-hybridized carbons (Fsp3) is 0.375. The third-order valence-electron chi connectivity index (χ3n) is 6.27. The molecule has 0 radical (unpaired) electrons. The Labute approximate surface area is 192 Å². The summed E-state index contributed by atoms with van der Waals surface area (Å²) in [5.74, 6) is 0.788. The van der Waals surface area contributed by atoms with E-state index >= 15 is 0 Å². The molecule has 33 heavy (non-hydrogen) atoms. The minimum absolute atomic E-state index is 0.0224. The number of ether oxygens (including phenoxy) is 2. The highest BCUT2D eigenvalue weighted by Crippen LogP contribution is 2.52. The normalized spacial score (nSPS) is 16.9. The van der Waals surface area contributed by atoms with E-state index in [1.165, 1.54) is 13.2 Å². The van der Waals surface area contributed by atoms with Gasteiger partial charge in [-0.1, -0.05) is 6.07 Å². The molecule has 2 aliphatic carbocycles. The van der Waals surface area contributed by atoms with Gasteiger partial charge in [-0.15, -0.1) is 0 Å². The highest BCUT2D eigenvalue weighted by atomic mass is 32.2. The van der Waals surface area contributed by atoms with E-state index in [1.807, 2.05) is 6.92 Å². The van der Waals surface area contributed by atoms with Crippen LogP contribution in [0.3, 0.4) is 0 Å². The van der Waals surface area contributed by atoms with Crippen molar-refractivity contribution in [2.45, 2.75) is 42.9 Å². The quantitative estimate of drug-likeness (QED) is 0.542. The van der Waals surface area contributed by atoms with Gasteiger partial charge in [-0.25, -0.2) is 18.1 Å². The van der Waals surface area contributed by atoms with Crippen molar-refractivity contribution in [3.63, 3.8) is 0 Å². The molecule has 1 amide bonds. The molecule has 1 N–H and O–H groups in total. The Morgan fingerprint density at radius 1 is 1.21 bits per heavy atom. The standard InChI is InChI=1S/C24H25N3O5S/c1-15-6-9-17-19(26-15)4-3-5-21(17)33(29,30)27-23(28)24(10-11-24)18-12-22(31-2)25-13-20(18)32-14-16-7-8-16/h3-6,9,12-13,16H,7-8,10-11,14H2,1-2H3,(H,27,28). The second-order valence-electron chi connectivity index (χ2n) is 8.77. The summed E-state index contributed by atoms with van der Waals surface area (Å²) in [7, 11) is -2.62. The summed E-state index contributed by atoms with van der Waals surface area (Å²) < 4.78 is 40.0. The number of rotatable bonds is 8. The van der Waals surface area contributed by atoms with Gasteiger partial charge in [-0.3, -0.25) is 9.78 Å². The van der Waals surface area contributed by atoms with E-state index in [-0.39, 0.29) is 4.90 Å². The van der Waals surface area contributed by atoms with E-state index in [2.05, 4.69) is 14.7 Å². The molecule has 0 saturated heterocycles. The van der Waals surface area contributed by atoms with Crippen molar-refractivity contribution in [1.29, 1.82) is 0 Å². The zero-order valence-electron chi connectivity index (χ0n) is 18.5. The Morgan fingerprint density at radius 3 is 2.70 bits per heavy atom. The highest BCUT2D eigenvalue weighted by molar-refractivity contribution is 7.90. The lowest BCUT2D eigenvalue weighted by atomic mass is 9.95. The van der Waals surface area contributed by atoms with Crippen LogP contribution < -0.4 is 14.2 Å². The summed E-state index contributed by atoms with van der Waals surface area (Å²) in [5.41, 5.74) is 0.948. The predicted molar refractivity (Wildman–Crippen MR) is 122 cm³/mol. The molecule has 2 heterocycles. The lowest BCUT2D eigenvalue weighted by Gasteiger charge is -2.20. The lowest BCUT2D eigenvalue weighted by Crippen LogP contribution is -2.39. The number of fused-ring (bicyclic) bond motifs is 1. The number of aryl methyl sites for hydroxylation is 1. The molecule has 1 aromatic carbocycles. The molecule has 0 unspecified atom stereocenters. The third-order valence-corrected chi connectivity index (χ3v) is 7.66. The second-order valence-corrected chi connectivity index (χ2v) is 10.4. The number of nitrogens with one attached hydrogen (secondary N) is 1. The number of methoxy groups -OCH3 is 1. The summed E-state index contributed by atoms with van der Waals surface area (Å²) in [6.45, 7) is 2.39. The Balaban J connectivity index is 1.46. The van der Waals surface area contributed by atoms with Gasteiger partial charge in [0, 0.05) is 22.7 Å². The van der Waals surface area contributed by atoms with Gasteiger partial charge >= 0.3 is 0 Å². The molecule has 3 aromatic rings. The maximum Gasteiger partial charge on any atom is 0.264 e. The molecule has 0 atom stereocenters. The topological polar surface area (TPSA) is 107 Å². The smallest absolute Gasteiger partial charge is 0.264 e. The van der Waals surface area contributed by atoms with Crippen LogP contribution in [0, 0.1) is 12.8 Å². The van der Waals surface area contributed by atoms with Crippen LogP contribution >= 0.6 is 0 Å². The van der Waals surface area contributed by atoms with Crippen molar-refractivity contribution >= 4 is 26.8 Å². The fourth-order valence-electron chi connectivity index (χ4n) is 4.00. The van der Waals surface area contributed by atoms with Gasteiger partial charge in [-0.2, -0.15) is 0 Å². The molecule has 172 valence electrons. The largest absolute Gasteiger partial charge is 0.491 e. The van der Waals surface area contributed by atoms with Gasteiger partial charge in [0.15, 0.2) is 0 Å². The molecule has 2 saturated carbocycles. The Bertz CT molecular complexity index is 1350. The molecule has 9 heteroatoms. The number of carbonyl (C=O) groups excluding carboxylic acids is 1. The number of nitrogens with zero attached hydrogens (tertiary/aromatic N) is 2. The summed E-state index contributed by atoms with van der Waals surface area (Å²) in [5, 5.41) is 0.465. The number of benzene rings is 1. The first kappa shape index (κ1) is 21.6. The van der Waals surface area contributed by atoms with Crippen LogP contribution in [0.15, 0.2) is 47.5 Å². The average molecular weight is 468 g/mol. The first-order valence-electron chi connectivity index (χ1n) is 10.9. The third kappa shape index (κ3) is 4.13. The van der Waals surface area contributed by atoms with Crippen LogP contribution in [0.4, 0.5) is 0 Å². The van der Waals surface area contributed by atoms with E-state index in [1.54, 1.807) is 36.5 Å². The number of aromatic nitrogens is 2. The van der Waals surface area contributed by atoms with E-state index in [4.69, 9.17) is 9.47 Å². The second kappa shape index (κ2) is 7.98. The predicted octanol–water partition coefficient (Wildman–Crippen LogP) is 3.27. The number of carbonyl (C=O) groups is 1. The number of hydrogen-bond acceptors (Lipinski definition) is 7. The van der Waals surface area contributed by atoms with Gasteiger partial charge in [0.05, 0.1) is 35.7 Å². The average Bonchev–Trinajstić information content (AvgIpc) is 3.71. The number of pyridine rings is 2. The van der Waals surface area contributed by atoms with Gasteiger partial charge in [0.2, 0.25) is 11.8 Å². The molecular formula is C24H25N3O5S. The van der Waals surface area contributed by atoms with Crippen molar-refractivity contribution in [1.82, 2.24) is 14.7 Å². The van der Waals surface area contributed by atoms with Crippen molar-refractivity contribution < 1.29 is 22.7 Å². The molecule has 5 rings (SSSR count). The summed E-state index contributed by atoms with van der Waals surface area (Å²) in [6, 6.07) is 9.98. The summed E-state index contributed by atoms with van der Waals surface area (Å²) in [4.78, 5) is 22.0. The minimum Gasteiger partial charge on any atom is -0.491 e. The summed E-state index contributed by atoms with van der Waals surface area (Å²) in [6.07, 6.45) is 4.83. The van der Waals surface area contributed by atoms with Crippen molar-refractivity contribution in [3.05, 3.63) is 53.9 Å². The van der Waals surface area contributed by atoms with Crippen LogP contribution in [0.5, 0.6) is 11.6 Å². The van der Waals surface area contributed by atoms with Gasteiger partial charge in [-0.05, 0) is 62.8 Å². The van der Waals surface area contributed by atoms with Crippen molar-refractivity contribution in [2.24, 2.45) is 5.92 Å². The first-order valence-corrected chi connectivity index (χ1v) is 12.4. The van der Waals surface area contributed by atoms with Crippen LogP contribution in [0.1, 0.15) is 36.9 Å². The molecule has 0 bridgehead atoms. The minimum atomic E-state index is -4.12. The highest BCUT2D eigenvalue weighted by Gasteiger charge is 2.54. The van der Waals surface area contributed by atoms with Crippen LogP contribution in [-0.4, -0.2) is 38.0 Å². The molecular weight excluding hydrogens is 442 g/mol. The van der Waals surface area contributed by atoms with E-state index < -0.39 is 21.3 Å². The summed E-state index contributed by atoms with van der Waals surface area (Å²) >= 11 is 0. The van der Waals surface area contributed by atoms with E-state index in [9.17, 15) is 13.2 Å². The van der Waals surface area contributed by atoms with E-state index in [0.29, 0.717) is 53.5 Å². The monoisotopic (exact) mass is 467 g/mol. The van der Waals surface area contributed by atoms with Gasteiger partial charge in [0.25, 0.3) is 10.0 Å². The Kier molecular flexibility index (Phi) is 5.23. The molecule has 8 nitrogen and oxygen atoms in total. The molecule has 0 spiro atoms. The lowest BCUT2D eigenvalue weighted by molar-refractivity contribution is -0.121. The Hall–Kier alpha value is -3.20. The zero-order chi connectivity index (χ0) is 23.2. The molecule has 2 aromatic heterocycles. The molecule has 0 aliphatic heterocycles. The number of sulfonamides is 1. The van der Waals surface area contributed by atoms with Crippen molar-refractivity contribution in [2.75, 3.05) is 13.7 Å². The van der Waals surface area contributed by atoms with Crippen LogP contribution in [-0.2, 0) is 20.2 Å². The Morgan fingerprint density at radius 2 is 2.00 bits per heavy atom. The number of hydrogen-bond donors (Lipinski definition) is 1. The number of amides is 1. The van der Waals surface area contributed by atoms with Gasteiger partial charge < -0.3 is 9.47 Å². The fourth-order valence-corrected chi connectivity index (χ4v) is 5.27. The maximum absolute atomic E-state index is 13.4. The SMILES string of the molecule is COc1cc(C2(C(=O)NS(=O)(=O)c3cccc4nc(C)ccc34)CC2)c(OCC2CC2)cn1. The first-order chi connectivity index (χ1) is 15.8. The maximum atomic E-state index is 13.4. The zero-order valence-corrected chi connectivity index (χ0v) is 19.3. The van der Waals surface area contributed by atoms with E-state index in [0.717, 1.165) is 18.5 Å². The van der Waals surface area contributed by atoms with Crippen LogP contribution in [0.2, 0.25) is 0 Å². The van der Waals surface area contributed by atoms with Gasteiger partial charge in [0.1, 0.15) is 5.75 Å². The van der Waals surface area contributed by atoms with Crippen molar-refractivity contribution in [3.8, 4) is 11.6 Å². The van der Waals surface area contributed by atoms with Crippen LogP contribution in [0.25, 0.3) is 10.9 Å². The molecule has 2 aliphatic rings.